The van der Waals surface area contributed by atoms with E-state index in [1.165, 1.54) is 0 Å². The fourth-order valence-electron chi connectivity index (χ4n) is 1.46. The molecule has 3 nitrogen and oxygen atoms in total. The molecule has 0 aliphatic rings. The van der Waals surface area contributed by atoms with E-state index in [9.17, 15) is 4.79 Å². The van der Waals surface area contributed by atoms with Gasteiger partial charge in [0.15, 0.2) is 0 Å². The Balaban J connectivity index is 2.96. The molecular formula is C12H15BrClNO2. The van der Waals surface area contributed by atoms with Crippen molar-refractivity contribution >= 4 is 33.5 Å². The molecule has 0 aliphatic carbocycles. The minimum absolute atomic E-state index is 0.274. The van der Waals surface area contributed by atoms with Crippen molar-refractivity contribution in [3.8, 4) is 0 Å². The second-order valence-corrected chi connectivity index (χ2v) is 4.68. The number of halogens is 2. The fraction of sp³-hybridized carbons (Fsp3) is 0.417. The smallest absolute Gasteiger partial charge is 0.327 e. The Kier molecular flexibility index (Phi) is 5.95. The number of ether oxygens (including phenoxy) is 1. The number of carbonyl (C=O) groups excluding carboxylic acids is 1. The lowest BCUT2D eigenvalue weighted by molar-refractivity contribution is -0.145. The van der Waals surface area contributed by atoms with Crippen molar-refractivity contribution in [2.45, 2.75) is 19.9 Å². The first-order valence-corrected chi connectivity index (χ1v) is 6.62. The second-order valence-electron chi connectivity index (χ2n) is 3.42. The topological polar surface area (TPSA) is 38.3 Å². The molecule has 1 unspecified atom stereocenters. The minimum atomic E-state index is -0.450. The van der Waals surface area contributed by atoms with Crippen LogP contribution >= 0.6 is 27.5 Å². The molecule has 0 saturated heterocycles. The molecule has 0 saturated carbocycles. The van der Waals surface area contributed by atoms with Crippen molar-refractivity contribution in [1.82, 2.24) is 5.32 Å². The van der Waals surface area contributed by atoms with E-state index in [1.54, 1.807) is 13.0 Å². The molecule has 1 atom stereocenters. The molecule has 1 rings (SSSR count). The highest BCUT2D eigenvalue weighted by Crippen LogP contribution is 2.26. The zero-order valence-electron chi connectivity index (χ0n) is 9.80. The van der Waals surface area contributed by atoms with Gasteiger partial charge in [-0.3, -0.25) is 0 Å². The number of hydrogen-bond donors (Lipinski definition) is 1. The van der Waals surface area contributed by atoms with Gasteiger partial charge in [-0.15, -0.1) is 0 Å². The lowest BCUT2D eigenvalue weighted by Gasteiger charge is -2.17. The first kappa shape index (κ1) is 14.5. The molecule has 17 heavy (non-hydrogen) atoms. The number of esters is 1. The summed E-state index contributed by atoms with van der Waals surface area (Å²) in [6.45, 7) is 4.79. The Hall–Kier alpha value is -0.580. The van der Waals surface area contributed by atoms with Gasteiger partial charge in [0.25, 0.3) is 0 Å². The van der Waals surface area contributed by atoms with E-state index in [4.69, 9.17) is 16.3 Å². The van der Waals surface area contributed by atoms with Crippen LogP contribution in [0, 0.1) is 0 Å². The molecule has 1 N–H and O–H groups in total. The van der Waals surface area contributed by atoms with Gasteiger partial charge in [0.05, 0.1) is 11.6 Å². The Morgan fingerprint density at radius 3 is 2.76 bits per heavy atom. The van der Waals surface area contributed by atoms with Gasteiger partial charge in [-0.05, 0) is 47.1 Å². The second kappa shape index (κ2) is 6.99. The van der Waals surface area contributed by atoms with Crippen LogP contribution in [0.4, 0.5) is 0 Å². The number of likely N-dealkylation sites (N-methyl/N-ethyl adjacent to an activating group) is 1. The lowest BCUT2D eigenvalue weighted by atomic mass is 10.1. The summed E-state index contributed by atoms with van der Waals surface area (Å²) in [6.07, 6.45) is 0. The SMILES string of the molecule is CCNC(C(=O)OCC)c1ccc(Cl)c(Br)c1. The molecule has 0 aliphatic heterocycles. The monoisotopic (exact) mass is 319 g/mol. The number of carbonyl (C=O) groups is 1. The third-order valence-corrected chi connectivity index (χ3v) is 3.42. The summed E-state index contributed by atoms with van der Waals surface area (Å²) in [5.41, 5.74) is 0.835. The van der Waals surface area contributed by atoms with Crippen LogP contribution < -0.4 is 5.32 Å². The summed E-state index contributed by atoms with van der Waals surface area (Å²) in [7, 11) is 0. The van der Waals surface area contributed by atoms with Crippen LogP contribution in [0.2, 0.25) is 5.02 Å². The molecule has 0 spiro atoms. The van der Waals surface area contributed by atoms with Crippen molar-refractivity contribution < 1.29 is 9.53 Å². The fourth-order valence-corrected chi connectivity index (χ4v) is 1.97. The predicted octanol–water partition coefficient (Wildman–Crippen LogP) is 3.32. The summed E-state index contributed by atoms with van der Waals surface area (Å²) in [5.74, 6) is -0.274. The summed E-state index contributed by atoms with van der Waals surface area (Å²) >= 11 is 9.26. The van der Waals surface area contributed by atoms with Crippen LogP contribution in [0.15, 0.2) is 22.7 Å². The van der Waals surface area contributed by atoms with Crippen LogP contribution in [0.5, 0.6) is 0 Å². The van der Waals surface area contributed by atoms with E-state index in [2.05, 4.69) is 21.2 Å². The van der Waals surface area contributed by atoms with Crippen LogP contribution in [-0.2, 0) is 9.53 Å². The molecule has 0 aromatic heterocycles. The van der Waals surface area contributed by atoms with Gasteiger partial charge >= 0.3 is 5.97 Å². The van der Waals surface area contributed by atoms with Gasteiger partial charge in [-0.2, -0.15) is 0 Å². The van der Waals surface area contributed by atoms with Crippen molar-refractivity contribution in [3.05, 3.63) is 33.3 Å². The van der Waals surface area contributed by atoms with Gasteiger partial charge in [0.1, 0.15) is 6.04 Å². The summed E-state index contributed by atoms with van der Waals surface area (Å²) in [5, 5.41) is 3.71. The summed E-state index contributed by atoms with van der Waals surface area (Å²) in [4.78, 5) is 11.8. The molecule has 1 aromatic rings. The van der Waals surface area contributed by atoms with E-state index in [-0.39, 0.29) is 5.97 Å². The predicted molar refractivity (Wildman–Crippen MR) is 72.2 cm³/mol. The normalized spacial score (nSPS) is 12.2. The standard InChI is InChI=1S/C12H15BrClNO2/c1-3-15-11(12(16)17-4-2)8-5-6-10(14)9(13)7-8/h5-7,11,15H,3-4H2,1-2H3. The molecule has 0 fully saturated rings. The van der Waals surface area contributed by atoms with E-state index in [1.807, 2.05) is 19.1 Å². The van der Waals surface area contributed by atoms with Gasteiger partial charge in [-0.1, -0.05) is 24.6 Å². The molecule has 1 aromatic carbocycles. The quantitative estimate of drug-likeness (QED) is 0.846. The third kappa shape index (κ3) is 3.98. The van der Waals surface area contributed by atoms with E-state index < -0.39 is 6.04 Å². The zero-order valence-corrected chi connectivity index (χ0v) is 12.1. The molecule has 0 heterocycles. The zero-order chi connectivity index (χ0) is 12.8. The first-order chi connectivity index (χ1) is 8.10. The average molecular weight is 321 g/mol. The lowest BCUT2D eigenvalue weighted by Crippen LogP contribution is -2.30. The number of benzene rings is 1. The third-order valence-electron chi connectivity index (χ3n) is 2.21. The van der Waals surface area contributed by atoms with Crippen LogP contribution in [0.1, 0.15) is 25.5 Å². The number of rotatable bonds is 5. The maximum Gasteiger partial charge on any atom is 0.327 e. The van der Waals surface area contributed by atoms with Gasteiger partial charge in [0.2, 0.25) is 0 Å². The van der Waals surface area contributed by atoms with Crippen molar-refractivity contribution in [1.29, 1.82) is 0 Å². The van der Waals surface area contributed by atoms with Crippen molar-refractivity contribution in [3.63, 3.8) is 0 Å². The highest BCUT2D eigenvalue weighted by Gasteiger charge is 2.21. The number of nitrogens with one attached hydrogen (secondary N) is 1. The van der Waals surface area contributed by atoms with E-state index in [0.717, 1.165) is 10.0 Å². The first-order valence-electron chi connectivity index (χ1n) is 5.45. The van der Waals surface area contributed by atoms with Gasteiger partial charge in [0, 0.05) is 4.47 Å². The van der Waals surface area contributed by atoms with Gasteiger partial charge in [-0.25, -0.2) is 4.79 Å². The van der Waals surface area contributed by atoms with Crippen molar-refractivity contribution in [2.75, 3.05) is 13.2 Å². The highest BCUT2D eigenvalue weighted by atomic mass is 79.9. The van der Waals surface area contributed by atoms with Crippen LogP contribution in [-0.4, -0.2) is 19.1 Å². The Morgan fingerprint density at radius 1 is 1.53 bits per heavy atom. The van der Waals surface area contributed by atoms with Gasteiger partial charge < -0.3 is 10.1 Å². The van der Waals surface area contributed by atoms with E-state index in [0.29, 0.717) is 18.2 Å². The Labute approximate surface area is 115 Å². The number of hydrogen-bond acceptors (Lipinski definition) is 3. The largest absolute Gasteiger partial charge is 0.465 e. The highest BCUT2D eigenvalue weighted by molar-refractivity contribution is 9.10. The molecule has 0 radical (unpaired) electrons. The Bertz CT molecular complexity index is 398. The van der Waals surface area contributed by atoms with Crippen LogP contribution in [0.3, 0.4) is 0 Å². The van der Waals surface area contributed by atoms with Crippen molar-refractivity contribution in [2.24, 2.45) is 0 Å². The average Bonchev–Trinajstić information content (AvgIpc) is 2.30. The molecule has 0 bridgehead atoms. The minimum Gasteiger partial charge on any atom is -0.465 e. The maximum absolute atomic E-state index is 11.8. The molecule has 0 amide bonds. The van der Waals surface area contributed by atoms with E-state index >= 15 is 0 Å². The maximum atomic E-state index is 11.8. The summed E-state index contributed by atoms with van der Waals surface area (Å²) in [6, 6.07) is 4.95. The Morgan fingerprint density at radius 2 is 2.24 bits per heavy atom. The molecule has 94 valence electrons. The molecular weight excluding hydrogens is 305 g/mol. The molecule has 5 heteroatoms. The summed E-state index contributed by atoms with van der Waals surface area (Å²) < 4.78 is 5.80. The van der Waals surface area contributed by atoms with Crippen LogP contribution in [0.25, 0.3) is 0 Å².